The molecule has 0 unspecified atom stereocenters. The van der Waals surface area contributed by atoms with E-state index in [1.807, 2.05) is 0 Å². The van der Waals surface area contributed by atoms with Crippen LogP contribution in [0.25, 0.3) is 0 Å². The molecule has 2 fully saturated rings. The van der Waals surface area contributed by atoms with E-state index < -0.39 is 24.0 Å². The Morgan fingerprint density at radius 3 is 1.71 bits per heavy atom. The Morgan fingerprint density at radius 2 is 1.38 bits per heavy atom. The molecule has 1 heterocycles. The minimum absolute atomic E-state index is 0.0726. The first kappa shape index (κ1) is 14.8. The summed E-state index contributed by atoms with van der Waals surface area (Å²) in [5.74, 6) is -1.78. The summed E-state index contributed by atoms with van der Waals surface area (Å²) in [5.41, 5.74) is 0.856. The van der Waals surface area contributed by atoms with Crippen LogP contribution in [0, 0.1) is 0 Å². The minimum atomic E-state index is -1.06. The van der Waals surface area contributed by atoms with E-state index >= 15 is 0 Å². The summed E-state index contributed by atoms with van der Waals surface area (Å²) in [6, 6.07) is -1.36. The molecule has 1 saturated heterocycles. The number of nitrogens with zero attached hydrogens (tertiary/aromatic N) is 2. The molecule has 1 aliphatic carbocycles. The Balaban J connectivity index is 2.21. The quantitative estimate of drug-likeness (QED) is 0.650. The van der Waals surface area contributed by atoms with Crippen molar-refractivity contribution in [2.45, 2.75) is 25.7 Å². The molecule has 0 spiro atoms. The highest BCUT2D eigenvalue weighted by molar-refractivity contribution is 5.98. The first-order valence-electron chi connectivity index (χ1n) is 6.45. The van der Waals surface area contributed by atoms with Crippen molar-refractivity contribution in [3.63, 3.8) is 0 Å². The van der Waals surface area contributed by atoms with Gasteiger partial charge in [-0.1, -0.05) is 0 Å². The number of carboxylic acid groups (broad SMARTS) is 2. The lowest BCUT2D eigenvalue weighted by Crippen LogP contribution is -2.58. The molecule has 1 aliphatic heterocycles. The van der Waals surface area contributed by atoms with Crippen molar-refractivity contribution in [2.24, 2.45) is 0 Å². The van der Waals surface area contributed by atoms with E-state index in [0.29, 0.717) is 18.7 Å². The first-order valence-corrected chi connectivity index (χ1v) is 6.45. The summed E-state index contributed by atoms with van der Waals surface area (Å²) in [6.45, 7) is -0.145. The SMILES string of the molecule is O=C(O)CCN1C(=O)NC(=O)N(CCC(=O)O)C1=C1CC1. The fourth-order valence-electron chi connectivity index (χ4n) is 2.06. The molecule has 2 rings (SSSR count). The standard InChI is InChI=1S/C12H15N3O6/c16-8(17)3-5-14-10(7-1-2-7)15(6-4-9(18)19)12(21)13-11(14)20/h1-6H2,(H,16,17)(H,18,19)(H,13,20,21). The summed E-state index contributed by atoms with van der Waals surface area (Å²) in [6.07, 6.45) is 0.905. The molecule has 0 bridgehead atoms. The molecule has 0 radical (unpaired) electrons. The van der Waals surface area contributed by atoms with Gasteiger partial charge in [0.15, 0.2) is 0 Å². The van der Waals surface area contributed by atoms with Gasteiger partial charge in [-0.15, -0.1) is 0 Å². The van der Waals surface area contributed by atoms with Crippen LogP contribution in [0.15, 0.2) is 11.4 Å². The number of allylic oxidation sites excluding steroid dienone is 1. The van der Waals surface area contributed by atoms with Gasteiger partial charge in [0.1, 0.15) is 5.82 Å². The van der Waals surface area contributed by atoms with Crippen molar-refractivity contribution in [1.82, 2.24) is 15.1 Å². The Hall–Kier alpha value is -2.58. The van der Waals surface area contributed by atoms with Gasteiger partial charge in [-0.25, -0.2) is 9.59 Å². The number of rotatable bonds is 6. The van der Waals surface area contributed by atoms with Crippen molar-refractivity contribution in [1.29, 1.82) is 0 Å². The normalized spacial score (nSPS) is 17.9. The Bertz CT molecular complexity index is 497. The molecule has 0 atom stereocenters. The van der Waals surface area contributed by atoms with Gasteiger partial charge in [-0.3, -0.25) is 24.7 Å². The van der Waals surface area contributed by atoms with Crippen LogP contribution in [0.4, 0.5) is 9.59 Å². The molecule has 0 aromatic rings. The number of imide groups is 1. The summed E-state index contributed by atoms with van der Waals surface area (Å²) < 4.78 is 0. The Kier molecular flexibility index (Phi) is 4.10. The van der Waals surface area contributed by atoms with Gasteiger partial charge < -0.3 is 10.2 Å². The zero-order valence-electron chi connectivity index (χ0n) is 11.2. The summed E-state index contributed by atoms with van der Waals surface area (Å²) in [5, 5.41) is 19.6. The van der Waals surface area contributed by atoms with E-state index in [2.05, 4.69) is 5.32 Å². The van der Waals surface area contributed by atoms with Crippen LogP contribution in [-0.4, -0.2) is 57.1 Å². The lowest BCUT2D eigenvalue weighted by molar-refractivity contribution is -0.138. The maximum Gasteiger partial charge on any atom is 0.331 e. The number of carbonyl (C=O) groups is 4. The minimum Gasteiger partial charge on any atom is -0.481 e. The predicted octanol–water partition coefficient (Wildman–Crippen LogP) is 0.388. The van der Waals surface area contributed by atoms with Gasteiger partial charge in [0, 0.05) is 13.1 Å². The second-order valence-electron chi connectivity index (χ2n) is 4.75. The third-order valence-corrected chi connectivity index (χ3v) is 3.13. The highest BCUT2D eigenvalue weighted by Gasteiger charge is 2.38. The average Bonchev–Trinajstić information content (AvgIpc) is 3.19. The van der Waals surface area contributed by atoms with E-state index in [0.717, 1.165) is 5.57 Å². The number of aliphatic carboxylic acids is 2. The van der Waals surface area contributed by atoms with Crippen LogP contribution in [0.1, 0.15) is 25.7 Å². The molecule has 0 aromatic carbocycles. The number of carbonyl (C=O) groups excluding carboxylic acids is 2. The molecule has 21 heavy (non-hydrogen) atoms. The highest BCUT2D eigenvalue weighted by atomic mass is 16.4. The number of hydrogen-bond acceptors (Lipinski definition) is 4. The first-order chi connectivity index (χ1) is 9.90. The van der Waals surface area contributed by atoms with E-state index in [9.17, 15) is 19.2 Å². The largest absolute Gasteiger partial charge is 0.481 e. The average molecular weight is 297 g/mol. The number of amides is 4. The molecule has 4 amide bonds. The number of urea groups is 2. The van der Waals surface area contributed by atoms with Crippen LogP contribution in [-0.2, 0) is 9.59 Å². The predicted molar refractivity (Wildman–Crippen MR) is 68.1 cm³/mol. The molecule has 0 aromatic heterocycles. The molecule has 3 N–H and O–H groups in total. The maximum absolute atomic E-state index is 11.9. The smallest absolute Gasteiger partial charge is 0.331 e. The van der Waals surface area contributed by atoms with Gasteiger partial charge >= 0.3 is 24.0 Å². The second kappa shape index (κ2) is 5.81. The molecular weight excluding hydrogens is 282 g/mol. The summed E-state index contributed by atoms with van der Waals surface area (Å²) in [4.78, 5) is 47.5. The zero-order chi connectivity index (χ0) is 15.6. The topological polar surface area (TPSA) is 127 Å². The fourth-order valence-corrected chi connectivity index (χ4v) is 2.06. The van der Waals surface area contributed by atoms with Crippen LogP contribution in [0.5, 0.6) is 0 Å². The van der Waals surface area contributed by atoms with Crippen LogP contribution >= 0.6 is 0 Å². The third kappa shape index (κ3) is 3.50. The summed E-state index contributed by atoms with van der Waals surface area (Å²) >= 11 is 0. The highest BCUT2D eigenvalue weighted by Crippen LogP contribution is 2.36. The molecule has 114 valence electrons. The third-order valence-electron chi connectivity index (χ3n) is 3.13. The number of hydrogen-bond donors (Lipinski definition) is 3. The van der Waals surface area contributed by atoms with Gasteiger partial charge in [-0.05, 0) is 18.4 Å². The van der Waals surface area contributed by atoms with Crippen molar-refractivity contribution in [2.75, 3.05) is 13.1 Å². The van der Waals surface area contributed by atoms with Crippen molar-refractivity contribution < 1.29 is 29.4 Å². The maximum atomic E-state index is 11.9. The number of nitrogens with one attached hydrogen (secondary N) is 1. The number of carboxylic acids is 2. The van der Waals surface area contributed by atoms with Crippen molar-refractivity contribution in [3.05, 3.63) is 11.4 Å². The van der Waals surface area contributed by atoms with Crippen LogP contribution < -0.4 is 5.32 Å². The zero-order valence-corrected chi connectivity index (χ0v) is 11.2. The van der Waals surface area contributed by atoms with Gasteiger partial charge in [-0.2, -0.15) is 0 Å². The molecule has 9 heteroatoms. The fraction of sp³-hybridized carbons (Fsp3) is 0.500. The van der Waals surface area contributed by atoms with Gasteiger partial charge in [0.25, 0.3) is 0 Å². The monoisotopic (exact) mass is 297 g/mol. The molecule has 2 aliphatic rings. The molecule has 1 saturated carbocycles. The van der Waals surface area contributed by atoms with E-state index in [1.165, 1.54) is 9.80 Å². The van der Waals surface area contributed by atoms with Crippen molar-refractivity contribution in [3.8, 4) is 0 Å². The molecule has 9 nitrogen and oxygen atoms in total. The van der Waals surface area contributed by atoms with Gasteiger partial charge in [0.2, 0.25) is 0 Å². The van der Waals surface area contributed by atoms with Gasteiger partial charge in [0.05, 0.1) is 12.8 Å². The second-order valence-corrected chi connectivity index (χ2v) is 4.75. The van der Waals surface area contributed by atoms with E-state index in [1.54, 1.807) is 0 Å². The Labute approximate surface area is 119 Å². The van der Waals surface area contributed by atoms with E-state index in [4.69, 9.17) is 10.2 Å². The molecular formula is C12H15N3O6. The summed E-state index contributed by atoms with van der Waals surface area (Å²) in [7, 11) is 0. The van der Waals surface area contributed by atoms with Crippen molar-refractivity contribution >= 4 is 24.0 Å². The van der Waals surface area contributed by atoms with E-state index in [-0.39, 0.29) is 25.9 Å². The lowest BCUT2D eigenvalue weighted by atomic mass is 10.3. The van der Waals surface area contributed by atoms with Crippen LogP contribution in [0.2, 0.25) is 0 Å². The van der Waals surface area contributed by atoms with Crippen LogP contribution in [0.3, 0.4) is 0 Å². The Morgan fingerprint density at radius 1 is 0.952 bits per heavy atom. The lowest BCUT2D eigenvalue weighted by Gasteiger charge is -2.37.